The Morgan fingerprint density at radius 3 is 2.83 bits per heavy atom. The van der Waals surface area contributed by atoms with Gasteiger partial charge in [-0.3, -0.25) is 0 Å². The molecule has 0 saturated carbocycles. The van der Waals surface area contributed by atoms with E-state index >= 15 is 0 Å². The summed E-state index contributed by atoms with van der Waals surface area (Å²) in [5, 5.41) is 10.4. The van der Waals surface area contributed by atoms with Crippen molar-refractivity contribution in [3.63, 3.8) is 0 Å². The minimum Gasteiger partial charge on any atom is -0.330 e. The van der Waals surface area contributed by atoms with Gasteiger partial charge < -0.3 is 5.73 Å². The van der Waals surface area contributed by atoms with Crippen LogP contribution in [0.3, 0.4) is 0 Å². The summed E-state index contributed by atoms with van der Waals surface area (Å²) in [6, 6.07) is 0. The van der Waals surface area contributed by atoms with E-state index in [2.05, 4.69) is 24.0 Å². The molecule has 4 heteroatoms. The predicted molar refractivity (Wildman–Crippen MR) is 51.4 cm³/mol. The summed E-state index contributed by atoms with van der Waals surface area (Å²) in [5.74, 6) is 0.536. The summed E-state index contributed by atoms with van der Waals surface area (Å²) in [4.78, 5) is 0. The lowest BCUT2D eigenvalue weighted by molar-refractivity contribution is 0.713. The Morgan fingerprint density at radius 2 is 2.25 bits per heavy atom. The van der Waals surface area contributed by atoms with Crippen LogP contribution in [-0.4, -0.2) is 16.7 Å². The molecule has 1 aromatic heterocycles. The molecule has 0 amide bonds. The van der Waals surface area contributed by atoms with Crippen molar-refractivity contribution >= 4 is 11.3 Å². The zero-order valence-corrected chi connectivity index (χ0v) is 8.40. The number of hydrogen-bond acceptors (Lipinski definition) is 4. The summed E-state index contributed by atoms with van der Waals surface area (Å²) >= 11 is 1.69. The van der Waals surface area contributed by atoms with Crippen LogP contribution >= 0.6 is 11.3 Å². The van der Waals surface area contributed by atoms with Crippen LogP contribution in [0.4, 0.5) is 0 Å². The van der Waals surface area contributed by atoms with Crippen LogP contribution in [0.2, 0.25) is 0 Å². The van der Waals surface area contributed by atoms with Crippen molar-refractivity contribution in [1.82, 2.24) is 10.2 Å². The third-order valence-electron chi connectivity index (χ3n) is 1.87. The van der Waals surface area contributed by atoms with Gasteiger partial charge in [0.05, 0.1) is 0 Å². The van der Waals surface area contributed by atoms with Crippen LogP contribution in [0.15, 0.2) is 0 Å². The Labute approximate surface area is 77.0 Å². The fourth-order valence-corrected chi connectivity index (χ4v) is 1.86. The fourth-order valence-electron chi connectivity index (χ4n) is 0.865. The lowest BCUT2D eigenvalue weighted by atomic mass is 10.1. The van der Waals surface area contributed by atoms with Crippen molar-refractivity contribution in [2.24, 2.45) is 5.73 Å². The molecular formula is C8H15N3S. The van der Waals surface area contributed by atoms with E-state index in [1.807, 2.05) is 0 Å². The maximum Gasteiger partial charge on any atom is 0.120 e. The minimum atomic E-state index is 0.536. The molecule has 1 heterocycles. The Bertz CT molecular complexity index is 234. The van der Waals surface area contributed by atoms with Gasteiger partial charge in [-0.15, -0.1) is 21.5 Å². The highest BCUT2D eigenvalue weighted by molar-refractivity contribution is 7.11. The molecule has 0 spiro atoms. The van der Waals surface area contributed by atoms with E-state index in [1.54, 1.807) is 11.3 Å². The van der Waals surface area contributed by atoms with Gasteiger partial charge in [-0.2, -0.15) is 0 Å². The zero-order chi connectivity index (χ0) is 8.97. The molecule has 0 bridgehead atoms. The van der Waals surface area contributed by atoms with E-state index in [0.29, 0.717) is 12.5 Å². The summed E-state index contributed by atoms with van der Waals surface area (Å²) in [6.07, 6.45) is 1.98. The number of hydrogen-bond donors (Lipinski definition) is 1. The van der Waals surface area contributed by atoms with E-state index in [-0.39, 0.29) is 0 Å². The van der Waals surface area contributed by atoms with E-state index in [9.17, 15) is 0 Å². The largest absolute Gasteiger partial charge is 0.330 e. The highest BCUT2D eigenvalue weighted by atomic mass is 32.1. The average molecular weight is 185 g/mol. The van der Waals surface area contributed by atoms with Crippen molar-refractivity contribution < 1.29 is 0 Å². The van der Waals surface area contributed by atoms with Gasteiger partial charge in [0, 0.05) is 12.3 Å². The van der Waals surface area contributed by atoms with Gasteiger partial charge in [0.2, 0.25) is 0 Å². The lowest BCUT2D eigenvalue weighted by Gasteiger charge is -1.99. The van der Waals surface area contributed by atoms with Crippen LogP contribution < -0.4 is 5.73 Å². The molecule has 0 radical (unpaired) electrons. The molecule has 68 valence electrons. The van der Waals surface area contributed by atoms with Crippen molar-refractivity contribution in [2.45, 2.75) is 32.6 Å². The monoisotopic (exact) mass is 185 g/mol. The maximum atomic E-state index is 5.42. The van der Waals surface area contributed by atoms with Gasteiger partial charge in [-0.05, 0) is 13.0 Å². The molecule has 2 N–H and O–H groups in total. The molecule has 3 nitrogen and oxygen atoms in total. The summed E-state index contributed by atoms with van der Waals surface area (Å²) in [5.41, 5.74) is 5.42. The quantitative estimate of drug-likeness (QED) is 0.774. The summed E-state index contributed by atoms with van der Waals surface area (Å²) < 4.78 is 0. The Hall–Kier alpha value is -0.480. The van der Waals surface area contributed by atoms with Crippen LogP contribution in [0, 0.1) is 0 Å². The van der Waals surface area contributed by atoms with Crippen LogP contribution in [0.5, 0.6) is 0 Å². The SMILES string of the molecule is CCC(C)c1nnc(CCN)s1. The molecule has 1 atom stereocenters. The van der Waals surface area contributed by atoms with Gasteiger partial charge >= 0.3 is 0 Å². The first kappa shape index (κ1) is 9.61. The normalized spacial score (nSPS) is 13.2. The van der Waals surface area contributed by atoms with Gasteiger partial charge in [-0.1, -0.05) is 13.8 Å². The number of aromatic nitrogens is 2. The second-order valence-corrected chi connectivity index (χ2v) is 3.98. The number of nitrogens with two attached hydrogens (primary N) is 1. The van der Waals surface area contributed by atoms with Crippen molar-refractivity contribution in [3.8, 4) is 0 Å². The minimum absolute atomic E-state index is 0.536. The third-order valence-corrected chi connectivity index (χ3v) is 3.09. The second-order valence-electron chi connectivity index (χ2n) is 2.88. The molecule has 1 unspecified atom stereocenters. The lowest BCUT2D eigenvalue weighted by Crippen LogP contribution is -2.01. The Kier molecular flexibility index (Phi) is 3.62. The van der Waals surface area contributed by atoms with Crippen LogP contribution in [0.25, 0.3) is 0 Å². The molecule has 0 saturated heterocycles. The number of rotatable bonds is 4. The molecule has 0 fully saturated rings. The van der Waals surface area contributed by atoms with Crippen molar-refractivity contribution in [3.05, 3.63) is 10.0 Å². The maximum absolute atomic E-state index is 5.42. The topological polar surface area (TPSA) is 51.8 Å². The van der Waals surface area contributed by atoms with E-state index < -0.39 is 0 Å². The molecule has 0 aliphatic heterocycles. The molecule has 0 aromatic carbocycles. The first-order valence-corrected chi connectivity index (χ1v) is 5.12. The molecule has 1 aromatic rings. The fraction of sp³-hybridized carbons (Fsp3) is 0.750. The first-order chi connectivity index (χ1) is 5.77. The highest BCUT2D eigenvalue weighted by Gasteiger charge is 2.08. The van der Waals surface area contributed by atoms with Gasteiger partial charge in [-0.25, -0.2) is 0 Å². The molecule has 12 heavy (non-hydrogen) atoms. The van der Waals surface area contributed by atoms with E-state index in [4.69, 9.17) is 5.73 Å². The van der Waals surface area contributed by atoms with Crippen LogP contribution in [-0.2, 0) is 6.42 Å². The van der Waals surface area contributed by atoms with E-state index in [1.165, 1.54) is 0 Å². The zero-order valence-electron chi connectivity index (χ0n) is 7.58. The highest BCUT2D eigenvalue weighted by Crippen LogP contribution is 2.22. The first-order valence-electron chi connectivity index (χ1n) is 4.30. The molecule has 0 aliphatic rings. The average Bonchev–Trinajstić information content (AvgIpc) is 2.52. The predicted octanol–water partition coefficient (Wildman–Crippen LogP) is 1.55. The standard InChI is InChI=1S/C8H15N3S/c1-3-6(2)8-11-10-7(12-8)4-5-9/h6H,3-5,9H2,1-2H3. The van der Waals surface area contributed by atoms with Crippen molar-refractivity contribution in [1.29, 1.82) is 0 Å². The van der Waals surface area contributed by atoms with Crippen molar-refractivity contribution in [2.75, 3.05) is 6.54 Å². The Balaban J connectivity index is 2.63. The summed E-state index contributed by atoms with van der Waals surface area (Å²) in [6.45, 7) is 5.00. The van der Waals surface area contributed by atoms with Crippen LogP contribution in [0.1, 0.15) is 36.2 Å². The van der Waals surface area contributed by atoms with Gasteiger partial charge in [0.25, 0.3) is 0 Å². The van der Waals surface area contributed by atoms with Gasteiger partial charge in [0.15, 0.2) is 0 Å². The van der Waals surface area contributed by atoms with E-state index in [0.717, 1.165) is 22.9 Å². The smallest absolute Gasteiger partial charge is 0.120 e. The third kappa shape index (κ3) is 2.25. The van der Waals surface area contributed by atoms with Gasteiger partial charge in [0.1, 0.15) is 10.0 Å². The molecule has 0 aliphatic carbocycles. The summed E-state index contributed by atoms with van der Waals surface area (Å²) in [7, 11) is 0. The second kappa shape index (κ2) is 4.52. The Morgan fingerprint density at radius 1 is 1.50 bits per heavy atom. The molecular weight excluding hydrogens is 170 g/mol. The number of nitrogens with zero attached hydrogens (tertiary/aromatic N) is 2. The molecule has 1 rings (SSSR count).